The monoisotopic (exact) mass is 306 g/mol. The van der Waals surface area contributed by atoms with E-state index >= 15 is 0 Å². The van der Waals surface area contributed by atoms with Gasteiger partial charge >= 0.3 is 0 Å². The fourth-order valence-corrected chi connectivity index (χ4v) is 2.50. The van der Waals surface area contributed by atoms with Gasteiger partial charge in [-0.05, 0) is 36.2 Å². The molecule has 2 aromatic carbocycles. The third kappa shape index (κ3) is 2.13. The number of rotatable bonds is 1. The Kier molecular flexibility index (Phi) is 3.32. The first-order valence-electron chi connectivity index (χ1n) is 5.93. The molecule has 3 aromatic rings. The Hall–Kier alpha value is -1.71. The van der Waals surface area contributed by atoms with Crippen LogP contribution >= 0.6 is 23.2 Å². The highest BCUT2D eigenvalue weighted by atomic mass is 35.5. The second-order valence-electron chi connectivity index (χ2n) is 4.41. The molecule has 0 saturated heterocycles. The van der Waals surface area contributed by atoms with Gasteiger partial charge in [-0.2, -0.15) is 0 Å². The highest BCUT2D eigenvalue weighted by Crippen LogP contribution is 2.34. The maximum atomic E-state index is 13.9. The molecule has 100 valence electrons. The van der Waals surface area contributed by atoms with E-state index in [2.05, 4.69) is 9.97 Å². The molecule has 0 atom stereocenters. The topological polar surface area (TPSA) is 25.8 Å². The zero-order chi connectivity index (χ0) is 14.3. The summed E-state index contributed by atoms with van der Waals surface area (Å²) in [7, 11) is 0. The Balaban J connectivity index is 2.36. The van der Waals surface area contributed by atoms with Crippen molar-refractivity contribution in [3.8, 4) is 11.1 Å². The second kappa shape index (κ2) is 5.00. The first-order chi connectivity index (χ1) is 9.58. The fourth-order valence-electron chi connectivity index (χ4n) is 2.20. The van der Waals surface area contributed by atoms with Gasteiger partial charge in [-0.3, -0.25) is 0 Å². The summed E-state index contributed by atoms with van der Waals surface area (Å²) in [5, 5.41) is 1.62. The summed E-state index contributed by atoms with van der Waals surface area (Å²) >= 11 is 12.0. The van der Waals surface area contributed by atoms with Crippen molar-refractivity contribution >= 4 is 34.1 Å². The summed E-state index contributed by atoms with van der Waals surface area (Å²) < 4.78 is 13.9. The van der Waals surface area contributed by atoms with Crippen LogP contribution in [-0.4, -0.2) is 9.97 Å². The van der Waals surface area contributed by atoms with Crippen molar-refractivity contribution in [3.63, 3.8) is 0 Å². The molecular weight excluding hydrogens is 298 g/mol. The number of fused-ring (bicyclic) bond motifs is 1. The lowest BCUT2D eigenvalue weighted by molar-refractivity contribution is 0.636. The van der Waals surface area contributed by atoms with Crippen LogP contribution in [0.3, 0.4) is 0 Å². The molecule has 0 saturated carbocycles. The molecule has 0 radical (unpaired) electrons. The van der Waals surface area contributed by atoms with Gasteiger partial charge in [-0.25, -0.2) is 14.4 Å². The van der Waals surface area contributed by atoms with Crippen LogP contribution in [0.15, 0.2) is 36.7 Å². The lowest BCUT2D eigenvalue weighted by Crippen LogP contribution is -1.93. The van der Waals surface area contributed by atoms with Crippen molar-refractivity contribution in [2.45, 2.75) is 6.92 Å². The molecular formula is C15H9Cl2FN2. The van der Waals surface area contributed by atoms with Crippen molar-refractivity contribution in [1.29, 1.82) is 0 Å². The predicted molar refractivity (Wildman–Crippen MR) is 79.7 cm³/mol. The van der Waals surface area contributed by atoms with E-state index in [9.17, 15) is 4.39 Å². The van der Waals surface area contributed by atoms with Gasteiger partial charge in [0.1, 0.15) is 17.7 Å². The van der Waals surface area contributed by atoms with Crippen molar-refractivity contribution in [2.24, 2.45) is 0 Å². The summed E-state index contributed by atoms with van der Waals surface area (Å²) in [6, 6.07) is 8.41. The predicted octanol–water partition coefficient (Wildman–Crippen LogP) is 5.05. The first-order valence-corrected chi connectivity index (χ1v) is 6.69. The van der Waals surface area contributed by atoms with Gasteiger partial charge in [0, 0.05) is 11.1 Å². The van der Waals surface area contributed by atoms with Crippen LogP contribution in [0.1, 0.15) is 5.69 Å². The van der Waals surface area contributed by atoms with E-state index in [1.54, 1.807) is 18.2 Å². The SMILES string of the molecule is Cc1ncnc2c(F)ccc(-c3ccc(Cl)c(Cl)c3)c12. The third-order valence-electron chi connectivity index (χ3n) is 3.16. The van der Waals surface area contributed by atoms with Crippen molar-refractivity contribution < 1.29 is 4.39 Å². The molecule has 1 aromatic heterocycles. The largest absolute Gasteiger partial charge is 0.241 e. The molecule has 0 bridgehead atoms. The lowest BCUT2D eigenvalue weighted by Gasteiger charge is -2.10. The minimum Gasteiger partial charge on any atom is -0.241 e. The third-order valence-corrected chi connectivity index (χ3v) is 3.90. The van der Waals surface area contributed by atoms with E-state index in [4.69, 9.17) is 23.2 Å². The number of hydrogen-bond donors (Lipinski definition) is 0. The highest BCUT2D eigenvalue weighted by Gasteiger charge is 2.12. The molecule has 0 amide bonds. The minimum absolute atomic E-state index is 0.307. The lowest BCUT2D eigenvalue weighted by atomic mass is 9.99. The Bertz CT molecular complexity index is 818. The van der Waals surface area contributed by atoms with Crippen molar-refractivity contribution in [1.82, 2.24) is 9.97 Å². The Morgan fingerprint density at radius 3 is 2.55 bits per heavy atom. The van der Waals surface area contributed by atoms with E-state index in [-0.39, 0.29) is 5.82 Å². The average Bonchev–Trinajstić information content (AvgIpc) is 2.43. The summed E-state index contributed by atoms with van der Waals surface area (Å²) in [5.41, 5.74) is 2.71. The molecule has 0 spiro atoms. The number of hydrogen-bond acceptors (Lipinski definition) is 2. The first kappa shape index (κ1) is 13.3. The van der Waals surface area contributed by atoms with Crippen LogP contribution in [0, 0.1) is 12.7 Å². The van der Waals surface area contributed by atoms with Crippen LogP contribution in [0.4, 0.5) is 4.39 Å². The molecule has 0 aliphatic carbocycles. The Morgan fingerprint density at radius 2 is 1.80 bits per heavy atom. The Labute approximate surface area is 125 Å². The van der Waals surface area contributed by atoms with Crippen LogP contribution < -0.4 is 0 Å². The van der Waals surface area contributed by atoms with E-state index < -0.39 is 0 Å². The smallest absolute Gasteiger partial charge is 0.149 e. The number of halogens is 3. The van der Waals surface area contributed by atoms with Crippen LogP contribution in [-0.2, 0) is 0 Å². The molecule has 0 aliphatic heterocycles. The van der Waals surface area contributed by atoms with Crippen LogP contribution in [0.2, 0.25) is 10.0 Å². The molecule has 0 unspecified atom stereocenters. The van der Waals surface area contributed by atoms with E-state index in [1.165, 1.54) is 12.4 Å². The number of aromatic nitrogens is 2. The molecule has 1 heterocycles. The number of nitrogens with zero attached hydrogens (tertiary/aromatic N) is 2. The summed E-state index contributed by atoms with van der Waals surface area (Å²) in [6.45, 7) is 1.82. The van der Waals surface area contributed by atoms with Crippen molar-refractivity contribution in [3.05, 3.63) is 58.2 Å². The molecule has 0 aliphatic rings. The van der Waals surface area contributed by atoms with Crippen molar-refractivity contribution in [2.75, 3.05) is 0 Å². The zero-order valence-electron chi connectivity index (χ0n) is 10.5. The van der Waals surface area contributed by atoms with Gasteiger partial charge in [-0.15, -0.1) is 0 Å². The molecule has 2 nitrogen and oxygen atoms in total. The molecule has 3 rings (SSSR count). The quantitative estimate of drug-likeness (QED) is 0.628. The van der Waals surface area contributed by atoms with Gasteiger partial charge < -0.3 is 0 Å². The zero-order valence-corrected chi connectivity index (χ0v) is 12.0. The van der Waals surface area contributed by atoms with Gasteiger partial charge in [0.15, 0.2) is 0 Å². The van der Waals surface area contributed by atoms with E-state index in [0.717, 1.165) is 16.8 Å². The maximum absolute atomic E-state index is 13.9. The Morgan fingerprint density at radius 1 is 1.00 bits per heavy atom. The fraction of sp³-hybridized carbons (Fsp3) is 0.0667. The normalized spacial score (nSPS) is 11.0. The molecule has 5 heteroatoms. The number of aryl methyl sites for hydroxylation is 1. The molecule has 0 fully saturated rings. The summed E-state index contributed by atoms with van der Waals surface area (Å²) in [4.78, 5) is 8.16. The minimum atomic E-state index is -0.366. The van der Waals surface area contributed by atoms with E-state index in [0.29, 0.717) is 20.9 Å². The van der Waals surface area contributed by atoms with Gasteiger partial charge in [0.25, 0.3) is 0 Å². The van der Waals surface area contributed by atoms with Gasteiger partial charge in [-0.1, -0.05) is 35.3 Å². The van der Waals surface area contributed by atoms with Crippen LogP contribution in [0.5, 0.6) is 0 Å². The second-order valence-corrected chi connectivity index (χ2v) is 5.22. The summed E-state index contributed by atoms with van der Waals surface area (Å²) in [6.07, 6.45) is 1.36. The van der Waals surface area contributed by atoms with Gasteiger partial charge in [0.05, 0.1) is 10.0 Å². The van der Waals surface area contributed by atoms with E-state index in [1.807, 2.05) is 13.0 Å². The molecule has 0 N–H and O–H groups in total. The molecule has 20 heavy (non-hydrogen) atoms. The van der Waals surface area contributed by atoms with Crippen LogP contribution in [0.25, 0.3) is 22.0 Å². The summed E-state index contributed by atoms with van der Waals surface area (Å²) in [5.74, 6) is -0.366. The maximum Gasteiger partial charge on any atom is 0.149 e. The van der Waals surface area contributed by atoms with Gasteiger partial charge in [0.2, 0.25) is 0 Å². The number of benzene rings is 2. The highest BCUT2D eigenvalue weighted by molar-refractivity contribution is 6.42. The average molecular weight is 307 g/mol. The standard InChI is InChI=1S/C15H9Cl2FN2/c1-8-14-10(9-2-4-11(16)12(17)6-9)3-5-13(18)15(14)20-7-19-8/h2-7H,1H3.